The van der Waals surface area contributed by atoms with Crippen molar-refractivity contribution in [2.45, 2.75) is 39.5 Å². The largest absolute Gasteiger partial charge is 0.327 e. The fraction of sp³-hybridized carbons (Fsp3) is 0.643. The third kappa shape index (κ3) is 2.96. The van der Waals surface area contributed by atoms with E-state index < -0.39 is 0 Å². The average molecular weight is 271 g/mol. The van der Waals surface area contributed by atoms with Crippen molar-refractivity contribution in [1.82, 2.24) is 10.3 Å². The lowest BCUT2D eigenvalue weighted by Crippen LogP contribution is -2.47. The molecule has 2 atom stereocenters. The molecule has 2 N–H and O–H groups in total. The molecular formula is C14H23ClN2O. The van der Waals surface area contributed by atoms with Gasteiger partial charge in [-0.1, -0.05) is 39.3 Å². The van der Waals surface area contributed by atoms with Gasteiger partial charge in [-0.3, -0.25) is 4.79 Å². The number of halogens is 1. The minimum atomic E-state index is -0.0796. The van der Waals surface area contributed by atoms with Crippen molar-refractivity contribution in [3.8, 4) is 0 Å². The zero-order valence-electron chi connectivity index (χ0n) is 11.6. The Kier molecular flexibility index (Phi) is 5.42. The number of aromatic nitrogens is 1. The minimum absolute atomic E-state index is 0.0133. The zero-order valence-corrected chi connectivity index (χ0v) is 12.4. The molecule has 0 spiro atoms. The molecule has 0 radical (unpaired) electrons. The first-order valence-electron chi connectivity index (χ1n) is 6.63. The smallest absolute Gasteiger partial charge is 0.251 e. The van der Waals surface area contributed by atoms with Crippen LogP contribution < -0.4 is 10.9 Å². The number of nitrogens with one attached hydrogen (secondary N) is 2. The molecule has 2 unspecified atom stereocenters. The number of rotatable bonds is 1. The van der Waals surface area contributed by atoms with E-state index >= 15 is 0 Å². The van der Waals surface area contributed by atoms with Crippen molar-refractivity contribution >= 4 is 11.6 Å². The molecule has 1 saturated heterocycles. The Morgan fingerprint density at radius 3 is 2.72 bits per heavy atom. The lowest BCUT2D eigenvalue weighted by Gasteiger charge is -2.40. The molecule has 18 heavy (non-hydrogen) atoms. The maximum atomic E-state index is 11.9. The lowest BCUT2D eigenvalue weighted by molar-refractivity contribution is 0.236. The first-order valence-corrected chi connectivity index (χ1v) is 7.01. The summed E-state index contributed by atoms with van der Waals surface area (Å²) in [7, 11) is 0. The zero-order chi connectivity index (χ0) is 13.8. The molecule has 2 heterocycles. The van der Waals surface area contributed by atoms with Gasteiger partial charge in [0.1, 0.15) is 0 Å². The highest BCUT2D eigenvalue weighted by molar-refractivity contribution is 6.30. The average Bonchev–Trinajstić information content (AvgIpc) is 2.38. The molecule has 4 heteroatoms. The van der Waals surface area contributed by atoms with Crippen molar-refractivity contribution in [3.63, 3.8) is 0 Å². The van der Waals surface area contributed by atoms with Crippen LogP contribution in [-0.2, 0) is 5.41 Å². The molecule has 0 amide bonds. The first kappa shape index (κ1) is 15.3. The molecule has 0 bridgehead atoms. The van der Waals surface area contributed by atoms with Crippen LogP contribution in [0, 0.1) is 5.92 Å². The van der Waals surface area contributed by atoms with Gasteiger partial charge in [0.25, 0.3) is 5.56 Å². The molecule has 1 aromatic rings. The van der Waals surface area contributed by atoms with E-state index in [9.17, 15) is 4.79 Å². The van der Waals surface area contributed by atoms with Gasteiger partial charge in [-0.05, 0) is 31.5 Å². The Bertz CT molecular complexity index is 444. The second kappa shape index (κ2) is 6.39. The van der Waals surface area contributed by atoms with Crippen LogP contribution in [0.15, 0.2) is 17.1 Å². The molecule has 0 saturated carbocycles. The molecule has 0 aliphatic carbocycles. The highest BCUT2D eigenvalue weighted by atomic mass is 35.5. The summed E-state index contributed by atoms with van der Waals surface area (Å²) in [6.07, 6.45) is 2.51. The fourth-order valence-electron chi connectivity index (χ4n) is 2.42. The molecule has 1 aliphatic heterocycles. The lowest BCUT2D eigenvalue weighted by atomic mass is 9.69. The molecule has 1 aromatic heterocycles. The summed E-state index contributed by atoms with van der Waals surface area (Å²) in [6.45, 7) is 10.2. The number of pyridine rings is 1. The van der Waals surface area contributed by atoms with E-state index in [1.165, 1.54) is 0 Å². The van der Waals surface area contributed by atoms with Crippen LogP contribution in [-0.4, -0.2) is 18.1 Å². The second-order valence-electron chi connectivity index (χ2n) is 4.83. The van der Waals surface area contributed by atoms with Gasteiger partial charge in [0.05, 0.1) is 5.02 Å². The number of aromatic amines is 1. The van der Waals surface area contributed by atoms with Crippen LogP contribution in [0.3, 0.4) is 0 Å². The van der Waals surface area contributed by atoms with E-state index in [1.807, 2.05) is 19.9 Å². The Balaban J connectivity index is 0.000000771. The molecule has 102 valence electrons. The molecule has 3 nitrogen and oxygen atoms in total. The summed E-state index contributed by atoms with van der Waals surface area (Å²) in [6, 6.07) is 1.81. The van der Waals surface area contributed by atoms with Gasteiger partial charge < -0.3 is 10.3 Å². The summed E-state index contributed by atoms with van der Waals surface area (Å²) in [4.78, 5) is 14.6. The van der Waals surface area contributed by atoms with Crippen LogP contribution >= 0.6 is 11.6 Å². The number of H-pyrrole nitrogens is 1. The van der Waals surface area contributed by atoms with Crippen molar-refractivity contribution in [2.24, 2.45) is 5.92 Å². The van der Waals surface area contributed by atoms with Crippen LogP contribution in [0.25, 0.3) is 0 Å². The molecule has 0 aromatic carbocycles. The Morgan fingerprint density at radius 1 is 1.44 bits per heavy atom. The van der Waals surface area contributed by atoms with Crippen molar-refractivity contribution < 1.29 is 0 Å². The summed E-state index contributed by atoms with van der Waals surface area (Å²) in [5.41, 5.74) is 0.721. The van der Waals surface area contributed by atoms with E-state index in [2.05, 4.69) is 24.1 Å². The molecule has 1 aliphatic rings. The molecular weight excluding hydrogens is 248 g/mol. The molecule has 1 fully saturated rings. The summed E-state index contributed by atoms with van der Waals surface area (Å²) in [5.74, 6) is 0.431. The number of piperidine rings is 1. The third-order valence-electron chi connectivity index (χ3n) is 3.84. The van der Waals surface area contributed by atoms with E-state index in [4.69, 9.17) is 11.6 Å². The first-order chi connectivity index (χ1) is 8.54. The van der Waals surface area contributed by atoms with Gasteiger partial charge >= 0.3 is 0 Å². The Morgan fingerprint density at radius 2 is 2.11 bits per heavy atom. The highest BCUT2D eigenvalue weighted by Gasteiger charge is 2.37. The summed E-state index contributed by atoms with van der Waals surface area (Å²) < 4.78 is 0. The van der Waals surface area contributed by atoms with E-state index in [0.29, 0.717) is 10.9 Å². The predicted octanol–water partition coefficient (Wildman–Crippen LogP) is 2.94. The number of hydrogen-bond donors (Lipinski definition) is 2. The SMILES string of the molecule is CC.CC1CNCCC1(C)c1cc(Cl)c[nH]c1=O. The fourth-order valence-corrected chi connectivity index (χ4v) is 2.58. The number of hydrogen-bond acceptors (Lipinski definition) is 2. The predicted molar refractivity (Wildman–Crippen MR) is 77.4 cm³/mol. The van der Waals surface area contributed by atoms with Gasteiger partial charge in [-0.15, -0.1) is 0 Å². The van der Waals surface area contributed by atoms with Crippen molar-refractivity contribution in [1.29, 1.82) is 0 Å². The monoisotopic (exact) mass is 270 g/mol. The second-order valence-corrected chi connectivity index (χ2v) is 5.27. The van der Waals surface area contributed by atoms with Gasteiger partial charge in [0.15, 0.2) is 0 Å². The Hall–Kier alpha value is -0.800. The highest BCUT2D eigenvalue weighted by Crippen LogP contribution is 2.35. The quantitative estimate of drug-likeness (QED) is 0.824. The van der Waals surface area contributed by atoms with Gasteiger partial charge in [-0.25, -0.2) is 0 Å². The van der Waals surface area contributed by atoms with Crippen LogP contribution in [0.1, 0.15) is 39.7 Å². The summed E-state index contributed by atoms with van der Waals surface area (Å²) in [5, 5.41) is 3.95. The van der Waals surface area contributed by atoms with Gasteiger partial charge in [0.2, 0.25) is 0 Å². The summed E-state index contributed by atoms with van der Waals surface area (Å²) >= 11 is 5.96. The standard InChI is InChI=1S/C12H17ClN2O.C2H6/c1-8-6-14-4-3-12(8,2)10-5-9(13)7-15-11(10)16;1-2/h5,7-8,14H,3-4,6H2,1-2H3,(H,15,16);1-2H3. The normalized spacial score (nSPS) is 27.3. The van der Waals surface area contributed by atoms with Crippen LogP contribution in [0.5, 0.6) is 0 Å². The Labute approximate surface area is 114 Å². The maximum absolute atomic E-state index is 11.9. The van der Waals surface area contributed by atoms with E-state index in [1.54, 1.807) is 6.20 Å². The van der Waals surface area contributed by atoms with Crippen molar-refractivity contribution in [2.75, 3.05) is 13.1 Å². The van der Waals surface area contributed by atoms with E-state index in [-0.39, 0.29) is 11.0 Å². The van der Waals surface area contributed by atoms with E-state index in [0.717, 1.165) is 25.1 Å². The third-order valence-corrected chi connectivity index (χ3v) is 4.06. The maximum Gasteiger partial charge on any atom is 0.251 e. The van der Waals surface area contributed by atoms with Gasteiger partial charge in [-0.2, -0.15) is 0 Å². The van der Waals surface area contributed by atoms with Crippen molar-refractivity contribution in [3.05, 3.63) is 33.2 Å². The minimum Gasteiger partial charge on any atom is -0.327 e. The molecule has 2 rings (SSSR count). The van der Waals surface area contributed by atoms with Crippen LogP contribution in [0.2, 0.25) is 5.02 Å². The topological polar surface area (TPSA) is 44.9 Å². The van der Waals surface area contributed by atoms with Crippen LogP contribution in [0.4, 0.5) is 0 Å². The van der Waals surface area contributed by atoms with Gasteiger partial charge in [0, 0.05) is 17.2 Å².